The molecule has 3 aromatic rings. The van der Waals surface area contributed by atoms with Crippen molar-refractivity contribution in [2.24, 2.45) is 0 Å². The first-order valence-corrected chi connectivity index (χ1v) is 7.21. The van der Waals surface area contributed by atoms with E-state index < -0.39 is 0 Å². The fraction of sp³-hybridized carbons (Fsp3) is 0.158. The molecule has 0 radical (unpaired) electrons. The predicted octanol–water partition coefficient (Wildman–Crippen LogP) is 3.29. The van der Waals surface area contributed by atoms with Crippen molar-refractivity contribution >= 4 is 23.1 Å². The standard InChI is InChI=1S/C19H17N/c1-14-10-12-15(13-11-14)20-18-8-4-2-6-16(18)17-7-3-5-9-19(17)20/h2,4,6-13H,3,5H2,1H3. The van der Waals surface area contributed by atoms with E-state index in [4.69, 9.17) is 0 Å². The molecule has 98 valence electrons. The maximum atomic E-state index is 2.39. The van der Waals surface area contributed by atoms with Crippen molar-refractivity contribution in [1.82, 2.24) is 4.57 Å². The number of aryl methyl sites for hydroxylation is 1. The van der Waals surface area contributed by atoms with Gasteiger partial charge in [0, 0.05) is 21.6 Å². The zero-order chi connectivity index (χ0) is 13.5. The number of aromatic nitrogens is 1. The summed E-state index contributed by atoms with van der Waals surface area (Å²) < 4.78 is 2.39. The van der Waals surface area contributed by atoms with E-state index in [0.717, 1.165) is 12.8 Å². The molecule has 0 fully saturated rings. The largest absolute Gasteiger partial charge is 0.310 e. The van der Waals surface area contributed by atoms with E-state index in [-0.39, 0.29) is 0 Å². The van der Waals surface area contributed by atoms with Crippen LogP contribution in [-0.4, -0.2) is 4.57 Å². The molecular weight excluding hydrogens is 242 g/mol. The first-order chi connectivity index (χ1) is 9.84. The number of nitrogens with zero attached hydrogens (tertiary/aromatic N) is 1. The van der Waals surface area contributed by atoms with E-state index in [1.54, 1.807) is 0 Å². The van der Waals surface area contributed by atoms with Crippen molar-refractivity contribution in [3.05, 3.63) is 64.7 Å². The molecule has 1 aliphatic rings. The van der Waals surface area contributed by atoms with E-state index in [1.807, 2.05) is 0 Å². The van der Waals surface area contributed by atoms with Crippen LogP contribution in [0.1, 0.15) is 18.4 Å². The van der Waals surface area contributed by atoms with Gasteiger partial charge in [-0.25, -0.2) is 0 Å². The highest BCUT2D eigenvalue weighted by Crippen LogP contribution is 2.16. The van der Waals surface area contributed by atoms with Crippen LogP contribution >= 0.6 is 0 Å². The maximum absolute atomic E-state index is 2.39. The summed E-state index contributed by atoms with van der Waals surface area (Å²) >= 11 is 0. The third-order valence-electron chi connectivity index (χ3n) is 4.10. The Labute approximate surface area is 118 Å². The predicted molar refractivity (Wildman–Crippen MR) is 85.4 cm³/mol. The average Bonchev–Trinajstić information content (AvgIpc) is 2.83. The monoisotopic (exact) mass is 259 g/mol. The molecule has 0 N–H and O–H groups in total. The number of hydrogen-bond donors (Lipinski definition) is 0. The Morgan fingerprint density at radius 3 is 2.45 bits per heavy atom. The molecule has 1 nitrogen and oxygen atoms in total. The molecule has 0 atom stereocenters. The van der Waals surface area contributed by atoms with Gasteiger partial charge in [-0.2, -0.15) is 0 Å². The van der Waals surface area contributed by atoms with Gasteiger partial charge in [0.1, 0.15) is 0 Å². The molecule has 0 amide bonds. The minimum absolute atomic E-state index is 1.13. The first-order valence-electron chi connectivity index (χ1n) is 7.21. The van der Waals surface area contributed by atoms with Gasteiger partial charge in [-0.3, -0.25) is 0 Å². The molecule has 0 spiro atoms. The topological polar surface area (TPSA) is 4.93 Å². The third kappa shape index (κ3) is 1.63. The van der Waals surface area contributed by atoms with Gasteiger partial charge in [0.2, 0.25) is 0 Å². The summed E-state index contributed by atoms with van der Waals surface area (Å²) in [5.74, 6) is 0. The van der Waals surface area contributed by atoms with Gasteiger partial charge in [0.25, 0.3) is 0 Å². The molecular formula is C19H17N. The minimum Gasteiger partial charge on any atom is -0.310 e. The van der Waals surface area contributed by atoms with Crippen molar-refractivity contribution in [2.75, 3.05) is 0 Å². The lowest BCUT2D eigenvalue weighted by Crippen LogP contribution is -2.30. The van der Waals surface area contributed by atoms with Crippen LogP contribution in [0.4, 0.5) is 0 Å². The van der Waals surface area contributed by atoms with Crippen LogP contribution in [0.15, 0.2) is 48.5 Å². The summed E-state index contributed by atoms with van der Waals surface area (Å²) in [6.07, 6.45) is 7.03. The molecule has 1 heterocycles. The Hall–Kier alpha value is -2.28. The fourth-order valence-corrected chi connectivity index (χ4v) is 3.12. The molecule has 0 saturated heterocycles. The number of fused-ring (bicyclic) bond motifs is 3. The number of benzene rings is 2. The third-order valence-corrected chi connectivity index (χ3v) is 4.10. The van der Waals surface area contributed by atoms with Gasteiger partial charge in [0.05, 0.1) is 5.52 Å². The van der Waals surface area contributed by atoms with Crippen molar-refractivity contribution in [1.29, 1.82) is 0 Å². The van der Waals surface area contributed by atoms with Gasteiger partial charge in [-0.15, -0.1) is 0 Å². The van der Waals surface area contributed by atoms with Crippen LogP contribution in [0.5, 0.6) is 0 Å². The quantitative estimate of drug-likeness (QED) is 0.632. The number of hydrogen-bond acceptors (Lipinski definition) is 0. The summed E-state index contributed by atoms with van der Waals surface area (Å²) in [7, 11) is 0. The highest BCUT2D eigenvalue weighted by Gasteiger charge is 2.10. The highest BCUT2D eigenvalue weighted by atomic mass is 15.0. The van der Waals surface area contributed by atoms with Gasteiger partial charge in [-0.1, -0.05) is 48.0 Å². The molecule has 1 heteroatoms. The van der Waals surface area contributed by atoms with Crippen LogP contribution in [0.25, 0.3) is 28.7 Å². The van der Waals surface area contributed by atoms with Crippen molar-refractivity contribution < 1.29 is 0 Å². The fourth-order valence-electron chi connectivity index (χ4n) is 3.12. The lowest BCUT2D eigenvalue weighted by atomic mass is 10.1. The van der Waals surface area contributed by atoms with E-state index >= 15 is 0 Å². The average molecular weight is 259 g/mol. The lowest BCUT2D eigenvalue weighted by Gasteiger charge is -2.07. The summed E-state index contributed by atoms with van der Waals surface area (Å²) in [4.78, 5) is 0. The number of rotatable bonds is 1. The van der Waals surface area contributed by atoms with E-state index in [0.29, 0.717) is 0 Å². The van der Waals surface area contributed by atoms with Gasteiger partial charge >= 0.3 is 0 Å². The second-order valence-electron chi connectivity index (χ2n) is 5.47. The highest BCUT2D eigenvalue weighted by molar-refractivity contribution is 5.84. The molecule has 0 saturated carbocycles. The molecule has 0 aliphatic heterocycles. The van der Waals surface area contributed by atoms with Crippen LogP contribution in [0, 0.1) is 6.92 Å². The molecule has 1 aromatic heterocycles. The van der Waals surface area contributed by atoms with Gasteiger partial charge in [-0.05, 0) is 38.0 Å². The minimum atomic E-state index is 1.13. The molecule has 20 heavy (non-hydrogen) atoms. The lowest BCUT2D eigenvalue weighted by molar-refractivity contribution is 1.02. The molecule has 1 aliphatic carbocycles. The first kappa shape index (κ1) is 11.5. The smallest absolute Gasteiger partial charge is 0.0540 e. The zero-order valence-electron chi connectivity index (χ0n) is 11.6. The Morgan fingerprint density at radius 2 is 1.60 bits per heavy atom. The van der Waals surface area contributed by atoms with Crippen molar-refractivity contribution in [3.8, 4) is 5.69 Å². The van der Waals surface area contributed by atoms with Crippen LogP contribution in [0.2, 0.25) is 0 Å². The SMILES string of the molecule is Cc1ccc(-n2c3c(c4ccccc42)=CCCC=3)cc1. The summed E-state index contributed by atoms with van der Waals surface area (Å²) in [6.45, 7) is 2.13. The Kier molecular flexibility index (Phi) is 2.53. The van der Waals surface area contributed by atoms with Crippen molar-refractivity contribution in [2.45, 2.75) is 19.8 Å². The van der Waals surface area contributed by atoms with Gasteiger partial charge in [0.15, 0.2) is 0 Å². The number of para-hydroxylation sites is 1. The van der Waals surface area contributed by atoms with Gasteiger partial charge < -0.3 is 4.57 Å². The molecule has 0 bridgehead atoms. The maximum Gasteiger partial charge on any atom is 0.0540 e. The Bertz CT molecular complexity index is 895. The normalized spacial score (nSPS) is 13.7. The van der Waals surface area contributed by atoms with E-state index in [2.05, 4.69) is 72.2 Å². The van der Waals surface area contributed by atoms with Crippen LogP contribution in [-0.2, 0) is 0 Å². The Balaban J connectivity index is 2.17. The molecule has 2 aromatic carbocycles. The zero-order valence-corrected chi connectivity index (χ0v) is 11.6. The van der Waals surface area contributed by atoms with E-state index in [9.17, 15) is 0 Å². The van der Waals surface area contributed by atoms with Crippen LogP contribution in [0.3, 0.4) is 0 Å². The second kappa shape index (κ2) is 4.38. The molecule has 0 unspecified atom stereocenters. The summed E-state index contributed by atoms with van der Waals surface area (Å²) in [6, 6.07) is 17.5. The van der Waals surface area contributed by atoms with Crippen molar-refractivity contribution in [3.63, 3.8) is 0 Å². The molecule has 4 rings (SSSR count). The second-order valence-corrected chi connectivity index (χ2v) is 5.47. The van der Waals surface area contributed by atoms with Crippen LogP contribution < -0.4 is 10.6 Å². The Morgan fingerprint density at radius 1 is 0.850 bits per heavy atom. The summed E-state index contributed by atoms with van der Waals surface area (Å²) in [5, 5.41) is 4.10. The van der Waals surface area contributed by atoms with E-state index in [1.165, 1.54) is 32.7 Å². The summed E-state index contributed by atoms with van der Waals surface area (Å²) in [5.41, 5.74) is 3.85.